The Morgan fingerprint density at radius 3 is 2.24 bits per heavy atom. The average Bonchev–Trinajstić information content (AvgIpc) is 2.45. The summed E-state index contributed by atoms with van der Waals surface area (Å²) in [5.74, 6) is -0.496. The average molecular weight is 305 g/mol. The fourth-order valence-corrected chi connectivity index (χ4v) is 2.60. The van der Waals surface area contributed by atoms with Crippen molar-refractivity contribution in [3.05, 3.63) is 48.0 Å². The summed E-state index contributed by atoms with van der Waals surface area (Å²) in [5.41, 5.74) is 7.83. The van der Waals surface area contributed by atoms with E-state index < -0.39 is 15.8 Å². The van der Waals surface area contributed by atoms with E-state index in [0.717, 1.165) is 6.26 Å². The molecule has 0 heterocycles. The smallest absolute Gasteiger partial charge is 0.338 e. The molecule has 2 aromatic rings. The molecule has 2 rings (SSSR count). The second kappa shape index (κ2) is 5.57. The van der Waals surface area contributed by atoms with Crippen LogP contribution < -0.4 is 5.73 Å². The monoisotopic (exact) mass is 305 g/mol. The molecule has 0 aliphatic rings. The lowest BCUT2D eigenvalue weighted by Crippen LogP contribution is -2.05. The number of methoxy groups -OCH3 is 1. The lowest BCUT2D eigenvalue weighted by molar-refractivity contribution is 0.0601. The molecule has 0 bridgehead atoms. The van der Waals surface area contributed by atoms with Gasteiger partial charge in [-0.2, -0.15) is 0 Å². The van der Waals surface area contributed by atoms with Crippen LogP contribution in [0.4, 0.5) is 5.69 Å². The van der Waals surface area contributed by atoms with Gasteiger partial charge >= 0.3 is 5.97 Å². The fourth-order valence-electron chi connectivity index (χ4n) is 1.97. The zero-order valence-corrected chi connectivity index (χ0v) is 12.5. The van der Waals surface area contributed by atoms with Crippen molar-refractivity contribution in [3.63, 3.8) is 0 Å². The number of carbonyl (C=O) groups is 1. The van der Waals surface area contributed by atoms with E-state index in [2.05, 4.69) is 0 Å². The molecular weight excluding hydrogens is 290 g/mol. The maximum atomic E-state index is 11.8. The van der Waals surface area contributed by atoms with Gasteiger partial charge in [0.15, 0.2) is 9.84 Å². The summed E-state index contributed by atoms with van der Waals surface area (Å²) in [5, 5.41) is 0. The molecule has 0 unspecified atom stereocenters. The van der Waals surface area contributed by atoms with E-state index in [1.807, 2.05) is 0 Å². The molecule has 0 saturated carbocycles. The van der Waals surface area contributed by atoms with Crippen LogP contribution in [0.1, 0.15) is 10.4 Å². The maximum Gasteiger partial charge on any atom is 0.338 e. The predicted molar refractivity (Wildman–Crippen MR) is 80.7 cm³/mol. The summed E-state index contributed by atoms with van der Waals surface area (Å²) in [6.07, 6.45) is 1.14. The molecule has 2 N–H and O–H groups in total. The third-order valence-corrected chi connectivity index (χ3v) is 4.17. The van der Waals surface area contributed by atoms with Gasteiger partial charge in [0.05, 0.1) is 17.6 Å². The number of ether oxygens (including phenoxy) is 1. The number of esters is 1. The lowest BCUT2D eigenvalue weighted by atomic mass is 9.99. The highest BCUT2D eigenvalue weighted by Crippen LogP contribution is 2.27. The van der Waals surface area contributed by atoms with Gasteiger partial charge in [-0.05, 0) is 35.4 Å². The Kier molecular flexibility index (Phi) is 3.99. The van der Waals surface area contributed by atoms with Crippen LogP contribution in [0.5, 0.6) is 0 Å². The number of nitrogens with two attached hydrogens (primary N) is 1. The summed E-state index contributed by atoms with van der Waals surface area (Å²) in [6.45, 7) is 0. The first-order valence-electron chi connectivity index (χ1n) is 6.11. The van der Waals surface area contributed by atoms with Gasteiger partial charge in [0, 0.05) is 11.9 Å². The van der Waals surface area contributed by atoms with Crippen molar-refractivity contribution in [1.29, 1.82) is 0 Å². The van der Waals surface area contributed by atoms with Crippen LogP contribution in [0.25, 0.3) is 11.1 Å². The molecule has 0 atom stereocenters. The van der Waals surface area contributed by atoms with Gasteiger partial charge in [0.2, 0.25) is 0 Å². The number of benzene rings is 2. The molecule has 2 aromatic carbocycles. The van der Waals surface area contributed by atoms with Gasteiger partial charge in [-0.15, -0.1) is 0 Å². The first-order chi connectivity index (χ1) is 9.82. The van der Waals surface area contributed by atoms with Crippen LogP contribution in [0.2, 0.25) is 0 Å². The number of carbonyl (C=O) groups excluding carboxylic acids is 1. The largest absolute Gasteiger partial charge is 0.465 e. The Morgan fingerprint density at radius 2 is 1.71 bits per heavy atom. The zero-order chi connectivity index (χ0) is 15.6. The number of hydrogen-bond acceptors (Lipinski definition) is 5. The van der Waals surface area contributed by atoms with Crippen LogP contribution in [-0.2, 0) is 14.6 Å². The van der Waals surface area contributed by atoms with E-state index in [-0.39, 0.29) is 4.90 Å². The molecule has 0 aliphatic carbocycles. The second-order valence-electron chi connectivity index (χ2n) is 4.59. The Morgan fingerprint density at radius 1 is 1.10 bits per heavy atom. The Hall–Kier alpha value is -2.34. The number of hydrogen-bond donors (Lipinski definition) is 1. The van der Waals surface area contributed by atoms with Gasteiger partial charge in [0.25, 0.3) is 0 Å². The molecule has 0 amide bonds. The summed E-state index contributed by atoms with van der Waals surface area (Å²) >= 11 is 0. The van der Waals surface area contributed by atoms with E-state index in [0.29, 0.717) is 22.4 Å². The molecule has 0 fully saturated rings. The minimum atomic E-state index is -3.25. The van der Waals surface area contributed by atoms with Crippen LogP contribution in [0.3, 0.4) is 0 Å². The molecule has 0 aliphatic heterocycles. The zero-order valence-electron chi connectivity index (χ0n) is 11.7. The minimum Gasteiger partial charge on any atom is -0.465 e. The Bertz CT molecular complexity index is 780. The van der Waals surface area contributed by atoms with Crippen LogP contribution in [0, 0.1) is 0 Å². The third kappa shape index (κ3) is 3.22. The van der Waals surface area contributed by atoms with Crippen LogP contribution >= 0.6 is 0 Å². The number of rotatable bonds is 3. The van der Waals surface area contributed by atoms with Crippen molar-refractivity contribution in [2.24, 2.45) is 0 Å². The minimum absolute atomic E-state index is 0.223. The first-order valence-corrected chi connectivity index (χ1v) is 8.00. The maximum absolute atomic E-state index is 11.8. The van der Waals surface area contributed by atoms with Gasteiger partial charge < -0.3 is 10.5 Å². The predicted octanol–water partition coefficient (Wildman–Crippen LogP) is 2.13. The Labute approximate surface area is 123 Å². The van der Waals surface area contributed by atoms with E-state index >= 15 is 0 Å². The second-order valence-corrected chi connectivity index (χ2v) is 6.61. The first kappa shape index (κ1) is 15.1. The summed E-state index contributed by atoms with van der Waals surface area (Å²) in [7, 11) is -1.96. The lowest BCUT2D eigenvalue weighted by Gasteiger charge is -2.09. The molecule has 0 radical (unpaired) electrons. The summed E-state index contributed by atoms with van der Waals surface area (Å²) in [4.78, 5) is 12.0. The van der Waals surface area contributed by atoms with Crippen molar-refractivity contribution in [1.82, 2.24) is 0 Å². The highest BCUT2D eigenvalue weighted by atomic mass is 32.2. The Balaban J connectivity index is 2.54. The fraction of sp³-hybridized carbons (Fsp3) is 0.133. The van der Waals surface area contributed by atoms with Gasteiger partial charge in [-0.3, -0.25) is 0 Å². The van der Waals surface area contributed by atoms with Crippen molar-refractivity contribution in [2.75, 3.05) is 19.1 Å². The quantitative estimate of drug-likeness (QED) is 0.693. The van der Waals surface area contributed by atoms with Crippen molar-refractivity contribution in [2.45, 2.75) is 4.90 Å². The molecule has 21 heavy (non-hydrogen) atoms. The van der Waals surface area contributed by atoms with Gasteiger partial charge in [0.1, 0.15) is 0 Å². The molecule has 0 aromatic heterocycles. The standard InChI is InChI=1S/C15H15NO4S/c1-20-15(17)14-9-11(16)5-8-13(14)10-3-6-12(7-4-10)21(2,18)19/h3-9H,16H2,1-2H3. The third-order valence-electron chi connectivity index (χ3n) is 3.04. The molecular formula is C15H15NO4S. The molecule has 6 heteroatoms. The summed E-state index contributed by atoms with van der Waals surface area (Å²) < 4.78 is 27.7. The molecule has 0 spiro atoms. The number of sulfone groups is 1. The normalized spacial score (nSPS) is 11.1. The molecule has 0 saturated heterocycles. The van der Waals surface area contributed by atoms with E-state index in [4.69, 9.17) is 10.5 Å². The topological polar surface area (TPSA) is 86.5 Å². The number of anilines is 1. The van der Waals surface area contributed by atoms with Crippen molar-refractivity contribution in [3.8, 4) is 11.1 Å². The summed E-state index contributed by atoms with van der Waals surface area (Å²) in [6, 6.07) is 11.2. The van der Waals surface area contributed by atoms with E-state index in [9.17, 15) is 13.2 Å². The van der Waals surface area contributed by atoms with Crippen molar-refractivity contribution >= 4 is 21.5 Å². The van der Waals surface area contributed by atoms with Crippen molar-refractivity contribution < 1.29 is 17.9 Å². The highest BCUT2D eigenvalue weighted by molar-refractivity contribution is 7.90. The van der Waals surface area contributed by atoms with E-state index in [1.54, 1.807) is 24.3 Å². The number of nitrogen functional groups attached to an aromatic ring is 1. The van der Waals surface area contributed by atoms with E-state index in [1.165, 1.54) is 25.3 Å². The molecule has 110 valence electrons. The van der Waals surface area contributed by atoms with Gasteiger partial charge in [-0.1, -0.05) is 18.2 Å². The van der Waals surface area contributed by atoms with Gasteiger partial charge in [-0.25, -0.2) is 13.2 Å². The SMILES string of the molecule is COC(=O)c1cc(N)ccc1-c1ccc(S(C)(=O)=O)cc1. The van der Waals surface area contributed by atoms with Crippen LogP contribution in [0.15, 0.2) is 47.4 Å². The molecule has 5 nitrogen and oxygen atoms in total. The highest BCUT2D eigenvalue weighted by Gasteiger charge is 2.14. The van der Waals surface area contributed by atoms with Crippen LogP contribution in [-0.4, -0.2) is 27.8 Å².